The summed E-state index contributed by atoms with van der Waals surface area (Å²) in [6.07, 6.45) is 0.673. The Kier molecular flexibility index (Phi) is 6.50. The fourth-order valence-corrected chi connectivity index (χ4v) is 4.85. The van der Waals surface area contributed by atoms with Crippen LogP contribution in [0.5, 0.6) is 0 Å². The molecule has 1 fully saturated rings. The van der Waals surface area contributed by atoms with Gasteiger partial charge in [0.05, 0.1) is 18.1 Å². The zero-order valence-electron chi connectivity index (χ0n) is 17.0. The maximum Gasteiger partial charge on any atom is 0.243 e. The number of benzene rings is 2. The van der Waals surface area contributed by atoms with E-state index in [-0.39, 0.29) is 17.2 Å². The first-order valence-electron chi connectivity index (χ1n) is 10.1. The molecule has 162 valence electrons. The number of rotatable bonds is 7. The number of hydrogen-bond donors (Lipinski definition) is 1. The highest BCUT2D eigenvalue weighted by atomic mass is 32.2. The van der Waals surface area contributed by atoms with E-state index in [0.717, 1.165) is 17.1 Å². The number of sulfonamides is 1. The summed E-state index contributed by atoms with van der Waals surface area (Å²) in [6, 6.07) is 19.8. The lowest BCUT2D eigenvalue weighted by Gasteiger charge is -2.26. The molecule has 0 bridgehead atoms. The molecule has 0 spiro atoms. The maximum atomic E-state index is 12.8. The molecule has 2 aromatic carbocycles. The quantitative estimate of drug-likeness (QED) is 0.607. The van der Waals surface area contributed by atoms with Gasteiger partial charge in [-0.15, -0.1) is 0 Å². The summed E-state index contributed by atoms with van der Waals surface area (Å²) in [4.78, 5) is 12.6. The van der Waals surface area contributed by atoms with E-state index in [1.165, 1.54) is 16.4 Å². The van der Waals surface area contributed by atoms with Gasteiger partial charge in [-0.25, -0.2) is 8.42 Å². The van der Waals surface area contributed by atoms with Crippen molar-refractivity contribution in [1.29, 1.82) is 0 Å². The molecule has 0 atom stereocenters. The number of hydrogen-bond acceptors (Lipinski definition) is 5. The van der Waals surface area contributed by atoms with Crippen LogP contribution < -0.4 is 5.32 Å². The fraction of sp³-hybridized carbons (Fsp3) is 0.261. The van der Waals surface area contributed by atoms with Crippen molar-refractivity contribution < 1.29 is 22.4 Å². The van der Waals surface area contributed by atoms with Gasteiger partial charge in [0.25, 0.3) is 0 Å². The van der Waals surface area contributed by atoms with Crippen molar-refractivity contribution in [3.63, 3.8) is 0 Å². The number of carbonyl (C=O) groups is 1. The van der Waals surface area contributed by atoms with Crippen LogP contribution >= 0.6 is 0 Å². The lowest BCUT2D eigenvalue weighted by atomic mass is 10.2. The minimum atomic E-state index is -3.61. The lowest BCUT2D eigenvalue weighted by molar-refractivity contribution is -0.116. The summed E-state index contributed by atoms with van der Waals surface area (Å²) in [6.45, 7) is 1.42. The highest BCUT2D eigenvalue weighted by Gasteiger charge is 2.26. The molecule has 0 unspecified atom stereocenters. The number of aryl methyl sites for hydroxylation is 1. The van der Waals surface area contributed by atoms with Crippen LogP contribution in [-0.2, 0) is 26.0 Å². The average molecular weight is 441 g/mol. The molecule has 1 aliphatic rings. The van der Waals surface area contributed by atoms with Crippen LogP contribution in [-0.4, -0.2) is 44.9 Å². The van der Waals surface area contributed by atoms with Crippen LogP contribution in [0.25, 0.3) is 11.3 Å². The molecule has 3 aromatic rings. The summed E-state index contributed by atoms with van der Waals surface area (Å²) >= 11 is 0. The van der Waals surface area contributed by atoms with Crippen LogP contribution in [0, 0.1) is 0 Å². The van der Waals surface area contributed by atoms with Crippen molar-refractivity contribution in [3.8, 4) is 11.3 Å². The Hall–Kier alpha value is -2.94. The fourth-order valence-electron chi connectivity index (χ4n) is 3.40. The van der Waals surface area contributed by atoms with Crippen molar-refractivity contribution in [2.24, 2.45) is 0 Å². The molecule has 8 heteroatoms. The highest BCUT2D eigenvalue weighted by molar-refractivity contribution is 7.89. The molecule has 31 heavy (non-hydrogen) atoms. The number of morpholine rings is 1. The van der Waals surface area contributed by atoms with Gasteiger partial charge in [-0.2, -0.15) is 4.31 Å². The first kappa shape index (κ1) is 21.3. The predicted molar refractivity (Wildman–Crippen MR) is 117 cm³/mol. The van der Waals surface area contributed by atoms with Crippen molar-refractivity contribution >= 4 is 21.6 Å². The normalized spacial score (nSPS) is 15.0. The minimum Gasteiger partial charge on any atom is -0.461 e. The molecule has 7 nitrogen and oxygen atoms in total. The number of nitrogens with one attached hydrogen (secondary N) is 1. The van der Waals surface area contributed by atoms with Gasteiger partial charge in [-0.05, 0) is 30.3 Å². The van der Waals surface area contributed by atoms with Gasteiger partial charge >= 0.3 is 0 Å². The third-order valence-electron chi connectivity index (χ3n) is 5.04. The van der Waals surface area contributed by atoms with Crippen LogP contribution in [0.2, 0.25) is 0 Å². The summed E-state index contributed by atoms with van der Waals surface area (Å²) in [5, 5.41) is 2.78. The topological polar surface area (TPSA) is 88.8 Å². The Morgan fingerprint density at radius 2 is 1.74 bits per heavy atom. The third kappa shape index (κ3) is 5.22. The molecule has 1 aromatic heterocycles. The Bertz CT molecular complexity index is 1140. The van der Waals surface area contributed by atoms with Gasteiger partial charge in [0.2, 0.25) is 15.9 Å². The molecule has 1 N–H and O–H groups in total. The molecule has 1 aliphatic heterocycles. The molecular weight excluding hydrogens is 416 g/mol. The maximum absolute atomic E-state index is 12.8. The number of nitrogens with zero attached hydrogens (tertiary/aromatic N) is 1. The first-order valence-corrected chi connectivity index (χ1v) is 11.6. The van der Waals surface area contributed by atoms with Gasteiger partial charge in [0.1, 0.15) is 11.5 Å². The van der Waals surface area contributed by atoms with Gasteiger partial charge in [-0.1, -0.05) is 36.4 Å². The van der Waals surface area contributed by atoms with Crippen molar-refractivity contribution in [3.05, 3.63) is 72.5 Å². The van der Waals surface area contributed by atoms with Crippen molar-refractivity contribution in [2.75, 3.05) is 31.6 Å². The molecule has 1 amide bonds. The van der Waals surface area contributed by atoms with Gasteiger partial charge in [-0.3, -0.25) is 4.79 Å². The second-order valence-corrected chi connectivity index (χ2v) is 9.16. The Balaban J connectivity index is 1.36. The van der Waals surface area contributed by atoms with E-state index in [0.29, 0.717) is 38.4 Å². The number of ether oxygens (including phenoxy) is 1. The third-order valence-corrected chi connectivity index (χ3v) is 6.94. The summed E-state index contributed by atoms with van der Waals surface area (Å²) in [5.74, 6) is 1.27. The van der Waals surface area contributed by atoms with E-state index in [2.05, 4.69) is 5.32 Å². The summed E-state index contributed by atoms with van der Waals surface area (Å²) in [7, 11) is -3.61. The Morgan fingerprint density at radius 3 is 2.52 bits per heavy atom. The number of carbonyl (C=O) groups excluding carboxylic acids is 1. The molecule has 4 rings (SSSR count). The van der Waals surface area contributed by atoms with Crippen LogP contribution in [0.4, 0.5) is 5.69 Å². The van der Waals surface area contributed by atoms with Crippen LogP contribution in [0.3, 0.4) is 0 Å². The molecule has 0 aliphatic carbocycles. The van der Waals surface area contributed by atoms with E-state index in [4.69, 9.17) is 9.15 Å². The standard InChI is InChI=1S/C23H24N2O5S/c26-23(12-10-20-9-11-22(30-20)18-5-2-1-3-6-18)24-19-7-4-8-21(17-19)31(27,28)25-13-15-29-16-14-25/h1-9,11,17H,10,12-16H2,(H,24,26). The SMILES string of the molecule is O=C(CCc1ccc(-c2ccccc2)o1)Nc1cccc(S(=O)(=O)N2CCOCC2)c1. The van der Waals surface area contributed by atoms with Crippen LogP contribution in [0.15, 0.2) is 76.0 Å². The summed E-state index contributed by atoms with van der Waals surface area (Å²) in [5.41, 5.74) is 1.43. The molecular formula is C23H24N2O5S. The van der Waals surface area contributed by atoms with E-state index < -0.39 is 10.0 Å². The zero-order valence-corrected chi connectivity index (χ0v) is 17.8. The van der Waals surface area contributed by atoms with E-state index >= 15 is 0 Å². The van der Waals surface area contributed by atoms with Crippen LogP contribution in [0.1, 0.15) is 12.2 Å². The summed E-state index contributed by atoms with van der Waals surface area (Å²) < 4.78 is 38.1. The second kappa shape index (κ2) is 9.47. The van der Waals surface area contributed by atoms with Crippen molar-refractivity contribution in [2.45, 2.75) is 17.7 Å². The number of anilines is 1. The van der Waals surface area contributed by atoms with Crippen molar-refractivity contribution in [1.82, 2.24) is 4.31 Å². The molecule has 2 heterocycles. The molecule has 0 radical (unpaired) electrons. The first-order chi connectivity index (χ1) is 15.0. The average Bonchev–Trinajstić information content (AvgIpc) is 3.28. The smallest absolute Gasteiger partial charge is 0.243 e. The van der Waals surface area contributed by atoms with Gasteiger partial charge in [0, 0.05) is 37.2 Å². The second-order valence-electron chi connectivity index (χ2n) is 7.22. The number of furan rings is 1. The van der Waals surface area contributed by atoms with Gasteiger partial charge < -0.3 is 14.5 Å². The zero-order chi connectivity index (χ0) is 21.7. The number of amides is 1. The lowest BCUT2D eigenvalue weighted by Crippen LogP contribution is -2.40. The predicted octanol–water partition coefficient (Wildman–Crippen LogP) is 3.54. The van der Waals surface area contributed by atoms with E-state index in [1.807, 2.05) is 42.5 Å². The minimum absolute atomic E-state index is 0.158. The van der Waals surface area contributed by atoms with E-state index in [9.17, 15) is 13.2 Å². The highest BCUT2D eigenvalue weighted by Crippen LogP contribution is 2.23. The molecule has 1 saturated heterocycles. The largest absolute Gasteiger partial charge is 0.461 e. The molecule has 0 saturated carbocycles. The van der Waals surface area contributed by atoms with Gasteiger partial charge in [0.15, 0.2) is 0 Å². The Labute approximate surface area is 181 Å². The Morgan fingerprint density at radius 1 is 0.968 bits per heavy atom. The van der Waals surface area contributed by atoms with E-state index in [1.54, 1.807) is 12.1 Å². The monoisotopic (exact) mass is 440 g/mol.